The number of rotatable bonds is 6. The fourth-order valence-electron chi connectivity index (χ4n) is 4.04. The lowest BCUT2D eigenvalue weighted by molar-refractivity contribution is -0.123. The van der Waals surface area contributed by atoms with Crippen molar-refractivity contribution in [2.45, 2.75) is 31.1 Å². The Morgan fingerprint density at radius 3 is 2.68 bits per heavy atom. The summed E-state index contributed by atoms with van der Waals surface area (Å²) in [4.78, 5) is 37.0. The Morgan fingerprint density at radius 2 is 1.92 bits per heavy atom. The maximum absolute atomic E-state index is 15.3. The molecule has 1 amide bonds. The number of carboxylic acid groups (broad SMARTS) is 1. The van der Waals surface area contributed by atoms with E-state index in [0.717, 1.165) is 30.8 Å². The molecule has 10 nitrogen and oxygen atoms in total. The Hall–Kier alpha value is -4.45. The average molecular weight is 540 g/mol. The van der Waals surface area contributed by atoms with Gasteiger partial charge in [0.2, 0.25) is 5.91 Å². The number of aromatic nitrogens is 6. The minimum Gasteiger partial charge on any atom is -0.483 e. The number of amides is 1. The first-order valence-electron chi connectivity index (χ1n) is 11.5. The fraction of sp³-hybridized carbons (Fsp3) is 0.200. The van der Waals surface area contributed by atoms with Gasteiger partial charge in [-0.3, -0.25) is 9.59 Å². The molecule has 5 heterocycles. The van der Waals surface area contributed by atoms with Crippen molar-refractivity contribution < 1.29 is 23.5 Å². The first-order chi connectivity index (χ1) is 18.3. The molecule has 1 aliphatic carbocycles. The Bertz CT molecular complexity index is 1650. The molecule has 2 N–H and O–H groups in total. The fourth-order valence-corrected chi connectivity index (χ4v) is 4.20. The van der Waals surface area contributed by atoms with Crippen LogP contribution in [0.2, 0.25) is 5.02 Å². The van der Waals surface area contributed by atoms with Crippen LogP contribution in [0.1, 0.15) is 41.4 Å². The molecular weight excluding hydrogens is 520 g/mol. The third kappa shape index (κ3) is 5.16. The number of carbonyl (C=O) groups is 2. The second-order valence-electron chi connectivity index (χ2n) is 8.65. The Balaban J connectivity index is 0.000000937. The van der Waals surface area contributed by atoms with Crippen LogP contribution in [0.25, 0.3) is 11.2 Å². The molecule has 1 aliphatic rings. The van der Waals surface area contributed by atoms with Crippen molar-refractivity contribution in [2.24, 2.45) is 0 Å². The zero-order chi connectivity index (χ0) is 26.9. The molecule has 0 aromatic carbocycles. The number of nitrogens with one attached hydrogen (secondary N) is 1. The summed E-state index contributed by atoms with van der Waals surface area (Å²) in [5.41, 5.74) is 1.73. The van der Waals surface area contributed by atoms with Gasteiger partial charge in [0.15, 0.2) is 0 Å². The van der Waals surface area contributed by atoms with E-state index in [0.29, 0.717) is 27.8 Å². The highest BCUT2D eigenvalue weighted by molar-refractivity contribution is 6.30. The van der Waals surface area contributed by atoms with Crippen LogP contribution in [0.3, 0.4) is 0 Å². The van der Waals surface area contributed by atoms with E-state index in [1.807, 2.05) is 12.3 Å². The first-order valence-corrected chi connectivity index (χ1v) is 11.8. The van der Waals surface area contributed by atoms with E-state index in [4.69, 9.17) is 21.5 Å². The predicted octanol–water partition coefficient (Wildman–Crippen LogP) is 4.32. The quantitative estimate of drug-likeness (QED) is 0.308. The van der Waals surface area contributed by atoms with Crippen molar-refractivity contribution in [1.82, 2.24) is 28.7 Å². The highest BCUT2D eigenvalue weighted by Crippen LogP contribution is 2.40. The van der Waals surface area contributed by atoms with Gasteiger partial charge in [-0.2, -0.15) is 8.78 Å². The van der Waals surface area contributed by atoms with Crippen molar-refractivity contribution in [3.05, 3.63) is 89.2 Å². The van der Waals surface area contributed by atoms with Crippen molar-refractivity contribution in [3.63, 3.8) is 0 Å². The van der Waals surface area contributed by atoms with Gasteiger partial charge in [0.05, 0.1) is 24.0 Å². The van der Waals surface area contributed by atoms with Gasteiger partial charge in [0.1, 0.15) is 29.2 Å². The minimum atomic E-state index is -3.48. The third-order valence-corrected chi connectivity index (χ3v) is 6.24. The van der Waals surface area contributed by atoms with Gasteiger partial charge in [0.25, 0.3) is 6.47 Å². The molecule has 194 valence electrons. The van der Waals surface area contributed by atoms with Gasteiger partial charge in [-0.25, -0.2) is 19.9 Å². The van der Waals surface area contributed by atoms with Crippen LogP contribution in [0.15, 0.2) is 61.6 Å². The summed E-state index contributed by atoms with van der Waals surface area (Å²) in [6, 6.07) is 8.13. The van der Waals surface area contributed by atoms with E-state index >= 15 is 8.78 Å². The van der Waals surface area contributed by atoms with E-state index in [1.54, 1.807) is 39.5 Å². The van der Waals surface area contributed by atoms with Crippen molar-refractivity contribution in [2.75, 3.05) is 5.32 Å². The van der Waals surface area contributed by atoms with Crippen LogP contribution in [-0.4, -0.2) is 46.2 Å². The lowest BCUT2D eigenvalue weighted by atomic mass is 10.1. The zero-order valence-electron chi connectivity index (χ0n) is 19.6. The number of carbonyl (C=O) groups excluding carboxylic acids is 1. The topological polar surface area (TPSA) is 127 Å². The number of hydrogen-bond acceptors (Lipinski definition) is 6. The summed E-state index contributed by atoms with van der Waals surface area (Å²) in [5.74, 6) is -3.49. The lowest BCUT2D eigenvalue weighted by Crippen LogP contribution is -2.20. The summed E-state index contributed by atoms with van der Waals surface area (Å²) in [5, 5.41) is 9.95. The monoisotopic (exact) mass is 539 g/mol. The smallest absolute Gasteiger partial charge is 0.333 e. The molecule has 1 fully saturated rings. The van der Waals surface area contributed by atoms with Gasteiger partial charge in [-0.15, -0.1) is 0 Å². The molecule has 13 heteroatoms. The van der Waals surface area contributed by atoms with Gasteiger partial charge in [0, 0.05) is 29.7 Å². The molecule has 5 aromatic rings. The highest BCUT2D eigenvalue weighted by atomic mass is 35.5. The molecule has 5 aromatic heterocycles. The molecule has 0 unspecified atom stereocenters. The van der Waals surface area contributed by atoms with Crippen molar-refractivity contribution >= 4 is 41.0 Å². The Morgan fingerprint density at radius 1 is 1.13 bits per heavy atom. The van der Waals surface area contributed by atoms with Crippen LogP contribution in [0.4, 0.5) is 14.6 Å². The number of alkyl halides is 2. The number of anilines is 1. The van der Waals surface area contributed by atoms with E-state index in [-0.39, 0.29) is 18.7 Å². The largest absolute Gasteiger partial charge is 0.483 e. The lowest BCUT2D eigenvalue weighted by Gasteiger charge is -2.13. The normalized spacial score (nSPS) is 13.2. The zero-order valence-corrected chi connectivity index (χ0v) is 20.4. The highest BCUT2D eigenvalue weighted by Gasteiger charge is 2.39. The molecule has 6 rings (SSSR count). The van der Waals surface area contributed by atoms with Crippen LogP contribution in [0, 0.1) is 0 Å². The molecule has 0 bridgehead atoms. The third-order valence-electron chi connectivity index (χ3n) is 6.01. The van der Waals surface area contributed by atoms with E-state index in [1.165, 1.54) is 6.20 Å². The number of nitrogens with zero attached hydrogens (tertiary/aromatic N) is 6. The van der Waals surface area contributed by atoms with Crippen molar-refractivity contribution in [1.29, 1.82) is 0 Å². The maximum Gasteiger partial charge on any atom is 0.333 e. The summed E-state index contributed by atoms with van der Waals surface area (Å²) in [6.45, 7) is -0.250. The average Bonchev–Trinajstić information content (AvgIpc) is 3.54. The Labute approximate surface area is 219 Å². The molecule has 0 saturated heterocycles. The van der Waals surface area contributed by atoms with Gasteiger partial charge < -0.3 is 19.2 Å². The number of pyridine rings is 2. The second kappa shape index (κ2) is 10.1. The summed E-state index contributed by atoms with van der Waals surface area (Å²) in [7, 11) is 0. The van der Waals surface area contributed by atoms with Gasteiger partial charge >= 0.3 is 5.92 Å². The number of imidazole rings is 2. The van der Waals surface area contributed by atoms with Crippen LogP contribution in [0.5, 0.6) is 0 Å². The molecule has 0 aliphatic heterocycles. The molecule has 1 saturated carbocycles. The molecule has 38 heavy (non-hydrogen) atoms. The van der Waals surface area contributed by atoms with E-state index in [2.05, 4.69) is 25.3 Å². The van der Waals surface area contributed by atoms with Crippen LogP contribution in [-0.2, 0) is 21.9 Å². The number of hydrogen-bond donors (Lipinski definition) is 2. The molecule has 0 radical (unpaired) electrons. The van der Waals surface area contributed by atoms with E-state index in [9.17, 15) is 4.79 Å². The predicted molar refractivity (Wildman–Crippen MR) is 133 cm³/mol. The van der Waals surface area contributed by atoms with Crippen LogP contribution >= 0.6 is 11.6 Å². The second-order valence-corrected chi connectivity index (χ2v) is 9.09. The maximum atomic E-state index is 15.3. The molecule has 0 spiro atoms. The minimum absolute atomic E-state index is 0.0407. The Kier molecular flexibility index (Phi) is 6.72. The standard InChI is InChI=1S/C24H18ClF2N7O.CH2O2/c25-16-5-6-33-13-30-17(18(33)7-16)8-23(35)32-21-9-19(28-12-29-21)24(26,27)20-11-34-10-15(14-1-2-14)3-4-22(34)31-20;2-1-3/h3-7,9-14H,1-2,8H2,(H,28,29,32,35);1H,(H,2,3). The van der Waals surface area contributed by atoms with Crippen LogP contribution < -0.4 is 5.32 Å². The molecule has 0 atom stereocenters. The van der Waals surface area contributed by atoms with Crippen molar-refractivity contribution in [3.8, 4) is 0 Å². The number of fused-ring (bicyclic) bond motifs is 2. The summed E-state index contributed by atoms with van der Waals surface area (Å²) >= 11 is 6.04. The summed E-state index contributed by atoms with van der Waals surface area (Å²) in [6.07, 6.45) is 9.60. The van der Waals surface area contributed by atoms with E-state index < -0.39 is 23.2 Å². The molecular formula is C25H20ClF2N7O3. The van der Waals surface area contributed by atoms with Gasteiger partial charge in [-0.05, 0) is 42.5 Å². The van der Waals surface area contributed by atoms with Gasteiger partial charge in [-0.1, -0.05) is 17.7 Å². The number of halogens is 3. The first kappa shape index (κ1) is 25.2. The summed E-state index contributed by atoms with van der Waals surface area (Å²) < 4.78 is 34.0. The SMILES string of the molecule is O=C(Cc1ncn2ccc(Cl)cc12)Nc1cc(C(F)(F)c2cn3cc(C4CC4)ccc3n2)ncn1.O=CO.